The topological polar surface area (TPSA) is 33.6 Å². The predicted molar refractivity (Wildman–Crippen MR) is 191 cm³/mol. The molecule has 9 aromatic rings. The summed E-state index contributed by atoms with van der Waals surface area (Å²) in [7, 11) is 0. The van der Waals surface area contributed by atoms with E-state index in [1.54, 1.807) is 0 Å². The maximum absolute atomic E-state index is 10.1. The molecule has 0 saturated carbocycles. The molecular weight excluding hydrogens is 558 g/mol. The summed E-state index contributed by atoms with van der Waals surface area (Å²) in [5.74, 6) is 0. The van der Waals surface area contributed by atoms with Gasteiger partial charge in [-0.05, 0) is 82.9 Å². The number of nitrogens with zero attached hydrogens (tertiary/aromatic N) is 3. The normalized spacial score (nSPS) is 11.5. The van der Waals surface area contributed by atoms with Crippen LogP contribution in [-0.4, -0.2) is 9.13 Å². The quantitative estimate of drug-likeness (QED) is 0.202. The molecule has 0 aliphatic heterocycles. The molecule has 214 valence electrons. The average Bonchev–Trinajstić information content (AvgIpc) is 3.65. The fourth-order valence-corrected chi connectivity index (χ4v) is 7.08. The Labute approximate surface area is 266 Å². The fraction of sp³-hybridized carbons (Fsp3) is 0. The van der Waals surface area contributed by atoms with Crippen molar-refractivity contribution >= 4 is 43.6 Å². The Morgan fingerprint density at radius 1 is 0.348 bits per heavy atom. The molecule has 0 radical (unpaired) electrons. The first kappa shape index (κ1) is 26.1. The van der Waals surface area contributed by atoms with Crippen molar-refractivity contribution in [2.45, 2.75) is 0 Å². The standard InChI is InChI=1S/C43H27N3/c44-28-29-22-31(30-12-2-1-3-13-30)24-32(23-29)33-25-34(45-40-18-8-4-14-36(40)37-15-5-9-19-41(37)45)27-35(26-33)46-42-20-10-6-16-38(42)39-17-7-11-21-43(39)46/h1-27H. The molecule has 46 heavy (non-hydrogen) atoms. The van der Waals surface area contributed by atoms with Crippen molar-refractivity contribution in [2.75, 3.05) is 0 Å². The summed E-state index contributed by atoms with van der Waals surface area (Å²) >= 11 is 0. The minimum Gasteiger partial charge on any atom is -0.309 e. The molecule has 0 saturated heterocycles. The third-order valence-corrected chi connectivity index (χ3v) is 9.08. The van der Waals surface area contributed by atoms with Crippen molar-refractivity contribution in [1.29, 1.82) is 5.26 Å². The highest BCUT2D eigenvalue weighted by atomic mass is 15.0. The molecule has 9 rings (SSSR count). The Kier molecular flexibility index (Phi) is 5.88. The van der Waals surface area contributed by atoms with E-state index in [9.17, 15) is 5.26 Å². The van der Waals surface area contributed by atoms with E-state index in [0.29, 0.717) is 5.56 Å². The summed E-state index contributed by atoms with van der Waals surface area (Å²) in [5, 5.41) is 15.0. The van der Waals surface area contributed by atoms with Crippen LogP contribution in [0.1, 0.15) is 5.56 Å². The zero-order valence-corrected chi connectivity index (χ0v) is 24.9. The van der Waals surface area contributed by atoms with Crippen LogP contribution in [0.5, 0.6) is 0 Å². The molecule has 0 bridgehead atoms. The number of aromatic nitrogens is 2. The second-order valence-corrected chi connectivity index (χ2v) is 11.8. The van der Waals surface area contributed by atoms with Crippen molar-refractivity contribution in [2.24, 2.45) is 0 Å². The lowest BCUT2D eigenvalue weighted by atomic mass is 9.95. The molecule has 0 aliphatic rings. The number of nitriles is 1. The van der Waals surface area contributed by atoms with Crippen molar-refractivity contribution in [3.8, 4) is 39.7 Å². The van der Waals surface area contributed by atoms with Gasteiger partial charge in [-0.2, -0.15) is 5.26 Å². The van der Waals surface area contributed by atoms with Crippen molar-refractivity contribution < 1.29 is 0 Å². The van der Waals surface area contributed by atoms with E-state index in [0.717, 1.165) is 55.7 Å². The Bertz CT molecular complexity index is 2410. The van der Waals surface area contributed by atoms with Crippen LogP contribution in [-0.2, 0) is 0 Å². The first-order chi connectivity index (χ1) is 22.8. The molecule has 0 fully saturated rings. The molecule has 3 heteroatoms. The lowest BCUT2D eigenvalue weighted by Crippen LogP contribution is -2.00. The van der Waals surface area contributed by atoms with Crippen LogP contribution in [0.25, 0.3) is 77.2 Å². The minimum atomic E-state index is 0.636. The van der Waals surface area contributed by atoms with Crippen LogP contribution in [0.4, 0.5) is 0 Å². The lowest BCUT2D eigenvalue weighted by molar-refractivity contribution is 1.13. The van der Waals surface area contributed by atoms with Crippen LogP contribution in [0, 0.1) is 11.3 Å². The first-order valence-corrected chi connectivity index (χ1v) is 15.5. The average molecular weight is 586 g/mol. The van der Waals surface area contributed by atoms with Crippen LogP contribution >= 0.6 is 0 Å². The molecule has 2 heterocycles. The lowest BCUT2D eigenvalue weighted by Gasteiger charge is -2.16. The van der Waals surface area contributed by atoms with Gasteiger partial charge in [-0.15, -0.1) is 0 Å². The number of hydrogen-bond acceptors (Lipinski definition) is 1. The van der Waals surface area contributed by atoms with Crippen LogP contribution in [0.15, 0.2) is 164 Å². The Morgan fingerprint density at radius 2 is 0.717 bits per heavy atom. The molecule has 7 aromatic carbocycles. The van der Waals surface area contributed by atoms with Gasteiger partial charge in [0.2, 0.25) is 0 Å². The molecule has 0 spiro atoms. The monoisotopic (exact) mass is 585 g/mol. The molecule has 2 aromatic heterocycles. The fourth-order valence-electron chi connectivity index (χ4n) is 7.08. The van der Waals surface area contributed by atoms with Gasteiger partial charge in [-0.25, -0.2) is 0 Å². The third-order valence-electron chi connectivity index (χ3n) is 9.08. The highest BCUT2D eigenvalue weighted by Crippen LogP contribution is 2.38. The van der Waals surface area contributed by atoms with E-state index >= 15 is 0 Å². The van der Waals surface area contributed by atoms with Crippen molar-refractivity contribution in [3.63, 3.8) is 0 Å². The van der Waals surface area contributed by atoms with Gasteiger partial charge in [0.1, 0.15) is 0 Å². The molecule has 3 nitrogen and oxygen atoms in total. The maximum Gasteiger partial charge on any atom is 0.0992 e. The van der Waals surface area contributed by atoms with Crippen LogP contribution < -0.4 is 0 Å². The highest BCUT2D eigenvalue weighted by molar-refractivity contribution is 6.10. The smallest absolute Gasteiger partial charge is 0.0992 e. The zero-order valence-electron chi connectivity index (χ0n) is 24.9. The summed E-state index contributed by atoms with van der Waals surface area (Å²) in [4.78, 5) is 0. The predicted octanol–water partition coefficient (Wildman–Crippen LogP) is 11.1. The van der Waals surface area contributed by atoms with Crippen LogP contribution in [0.2, 0.25) is 0 Å². The molecule has 0 unspecified atom stereocenters. The summed E-state index contributed by atoms with van der Waals surface area (Å²) < 4.78 is 4.75. The molecule has 0 atom stereocenters. The van der Waals surface area contributed by atoms with E-state index in [1.165, 1.54) is 21.5 Å². The van der Waals surface area contributed by atoms with Gasteiger partial charge in [0.25, 0.3) is 0 Å². The summed E-state index contributed by atoms with van der Waals surface area (Å²) in [5.41, 5.74) is 11.6. The second kappa shape index (κ2) is 10.4. The van der Waals surface area contributed by atoms with E-state index in [2.05, 4.69) is 149 Å². The van der Waals surface area contributed by atoms with Crippen molar-refractivity contribution in [1.82, 2.24) is 9.13 Å². The van der Waals surface area contributed by atoms with Gasteiger partial charge in [0.15, 0.2) is 0 Å². The van der Waals surface area contributed by atoms with Gasteiger partial charge < -0.3 is 9.13 Å². The van der Waals surface area contributed by atoms with E-state index in [-0.39, 0.29) is 0 Å². The zero-order chi connectivity index (χ0) is 30.6. The van der Waals surface area contributed by atoms with Gasteiger partial charge in [-0.3, -0.25) is 0 Å². The minimum absolute atomic E-state index is 0.636. The molecular formula is C43H27N3. The Hall–Kier alpha value is -6.37. The van der Waals surface area contributed by atoms with Gasteiger partial charge in [-0.1, -0.05) is 103 Å². The number of benzene rings is 7. The molecule has 0 N–H and O–H groups in total. The number of fused-ring (bicyclic) bond motifs is 6. The Balaban J connectivity index is 1.39. The number of rotatable bonds is 4. The van der Waals surface area contributed by atoms with E-state index in [1.807, 2.05) is 30.3 Å². The molecule has 0 aliphatic carbocycles. The number of hydrogen-bond donors (Lipinski definition) is 0. The van der Waals surface area contributed by atoms with E-state index < -0.39 is 0 Å². The highest BCUT2D eigenvalue weighted by Gasteiger charge is 2.17. The maximum atomic E-state index is 10.1. The van der Waals surface area contributed by atoms with Gasteiger partial charge >= 0.3 is 0 Å². The van der Waals surface area contributed by atoms with Gasteiger partial charge in [0, 0.05) is 32.9 Å². The SMILES string of the molecule is N#Cc1cc(-c2ccccc2)cc(-c2cc(-n3c4ccccc4c4ccccc43)cc(-n3c4ccccc4c4ccccc43)c2)c1. The largest absolute Gasteiger partial charge is 0.309 e. The molecule has 0 amide bonds. The van der Waals surface area contributed by atoms with E-state index in [4.69, 9.17) is 0 Å². The first-order valence-electron chi connectivity index (χ1n) is 15.5. The van der Waals surface area contributed by atoms with Crippen LogP contribution in [0.3, 0.4) is 0 Å². The summed E-state index contributed by atoms with van der Waals surface area (Å²) in [6.45, 7) is 0. The number of para-hydroxylation sites is 4. The second-order valence-electron chi connectivity index (χ2n) is 11.8. The Morgan fingerprint density at radius 3 is 1.15 bits per heavy atom. The van der Waals surface area contributed by atoms with Gasteiger partial charge in [0.05, 0.1) is 33.7 Å². The summed E-state index contributed by atoms with van der Waals surface area (Å²) in [6.07, 6.45) is 0. The summed E-state index contributed by atoms with van der Waals surface area (Å²) in [6, 6.07) is 60.2. The third kappa shape index (κ3) is 4.05. The van der Waals surface area contributed by atoms with Crippen molar-refractivity contribution in [3.05, 3.63) is 169 Å².